The molecule has 2 N–H and O–H groups in total. The Labute approximate surface area is 71.6 Å². The summed E-state index contributed by atoms with van der Waals surface area (Å²) in [6, 6.07) is 3.40. The second-order valence-electron chi connectivity index (χ2n) is 3.49. The van der Waals surface area contributed by atoms with Crippen LogP contribution in [0.4, 0.5) is 10.1 Å². The maximum Gasteiger partial charge on any atom is 0.100 e. The van der Waals surface area contributed by atoms with Crippen molar-refractivity contribution in [2.24, 2.45) is 0 Å². The molecule has 0 aliphatic carbocycles. The Bertz CT molecular complexity index is 271. The smallest absolute Gasteiger partial charge is 0.100 e. The molecular weight excluding hydrogens is 155 g/mol. The molecule has 0 radical (unpaired) electrons. The van der Waals surface area contributed by atoms with Crippen LogP contribution in [0.5, 0.6) is 0 Å². The highest BCUT2D eigenvalue weighted by molar-refractivity contribution is 5.39. The first kappa shape index (κ1) is 8.97. The van der Waals surface area contributed by atoms with Gasteiger partial charge < -0.3 is 5.73 Å². The van der Waals surface area contributed by atoms with E-state index in [9.17, 15) is 4.39 Å². The molecule has 0 bridgehead atoms. The van der Waals surface area contributed by atoms with Crippen molar-refractivity contribution in [1.29, 1.82) is 0 Å². The highest BCUT2D eigenvalue weighted by atomic mass is 19.1. The third-order valence-corrected chi connectivity index (χ3v) is 1.81. The molecule has 0 spiro atoms. The summed E-state index contributed by atoms with van der Waals surface area (Å²) < 4.78 is 12.5. The van der Waals surface area contributed by atoms with Gasteiger partial charge in [0.15, 0.2) is 0 Å². The Morgan fingerprint density at radius 1 is 1.58 bits per heavy atom. The van der Waals surface area contributed by atoms with Crippen molar-refractivity contribution in [2.45, 2.75) is 19.3 Å². The summed E-state index contributed by atoms with van der Waals surface area (Å²) in [5.74, 6) is 0. The van der Waals surface area contributed by atoms with Gasteiger partial charge in [-0.25, -0.2) is 0 Å². The van der Waals surface area contributed by atoms with E-state index in [1.165, 1.54) is 0 Å². The second-order valence-corrected chi connectivity index (χ2v) is 3.49. The molecule has 0 atom stereocenters. The van der Waals surface area contributed by atoms with Crippen molar-refractivity contribution in [1.82, 2.24) is 4.98 Å². The summed E-state index contributed by atoms with van der Waals surface area (Å²) >= 11 is 0. The van der Waals surface area contributed by atoms with Gasteiger partial charge in [-0.05, 0) is 12.1 Å². The highest BCUT2D eigenvalue weighted by Crippen LogP contribution is 2.22. The number of hydrogen-bond donors (Lipinski definition) is 1. The van der Waals surface area contributed by atoms with Crippen molar-refractivity contribution in [3.8, 4) is 0 Å². The van der Waals surface area contributed by atoms with E-state index in [-0.39, 0.29) is 0 Å². The van der Waals surface area contributed by atoms with Crippen LogP contribution in [-0.4, -0.2) is 11.7 Å². The third-order valence-electron chi connectivity index (χ3n) is 1.81. The Morgan fingerprint density at radius 3 is 2.75 bits per heavy atom. The van der Waals surface area contributed by atoms with E-state index in [2.05, 4.69) is 4.98 Å². The first-order valence-electron chi connectivity index (χ1n) is 3.84. The molecule has 2 nitrogen and oxygen atoms in total. The van der Waals surface area contributed by atoms with Crippen LogP contribution in [0.15, 0.2) is 18.3 Å². The second kappa shape index (κ2) is 3.09. The summed E-state index contributed by atoms with van der Waals surface area (Å²) in [6.07, 6.45) is 1.60. The van der Waals surface area contributed by atoms with E-state index in [1.54, 1.807) is 32.2 Å². The number of pyridine rings is 1. The number of alkyl halides is 1. The molecule has 1 aromatic rings. The fraction of sp³-hybridized carbons (Fsp3) is 0.444. The number of anilines is 1. The van der Waals surface area contributed by atoms with E-state index in [0.29, 0.717) is 11.4 Å². The summed E-state index contributed by atoms with van der Waals surface area (Å²) in [6.45, 7) is 3.17. The van der Waals surface area contributed by atoms with Crippen LogP contribution < -0.4 is 5.73 Å². The predicted octanol–water partition coefficient (Wildman–Crippen LogP) is 1.91. The molecule has 3 heteroatoms. The number of hydrogen-bond acceptors (Lipinski definition) is 2. The van der Waals surface area contributed by atoms with Crippen molar-refractivity contribution >= 4 is 5.69 Å². The minimum Gasteiger partial charge on any atom is -0.399 e. The highest BCUT2D eigenvalue weighted by Gasteiger charge is 2.21. The van der Waals surface area contributed by atoms with E-state index in [4.69, 9.17) is 5.73 Å². The normalized spacial score (nSPS) is 11.6. The van der Waals surface area contributed by atoms with E-state index >= 15 is 0 Å². The summed E-state index contributed by atoms with van der Waals surface area (Å²) in [7, 11) is 0. The minimum atomic E-state index is -0.532. The molecule has 0 amide bonds. The quantitative estimate of drug-likeness (QED) is 0.732. The molecule has 0 fully saturated rings. The molecule has 1 rings (SSSR count). The first-order chi connectivity index (χ1) is 5.56. The van der Waals surface area contributed by atoms with Crippen molar-refractivity contribution in [2.75, 3.05) is 12.4 Å². The maximum absolute atomic E-state index is 12.5. The Kier molecular flexibility index (Phi) is 2.31. The number of nitrogen functional groups attached to an aromatic ring is 1. The van der Waals surface area contributed by atoms with Crippen LogP contribution in [0.2, 0.25) is 0 Å². The molecule has 0 aliphatic heterocycles. The molecule has 0 aliphatic rings. The predicted molar refractivity (Wildman–Crippen MR) is 47.7 cm³/mol. The average molecular weight is 168 g/mol. The molecule has 0 saturated carbocycles. The number of halogens is 1. The molecule has 1 heterocycles. The van der Waals surface area contributed by atoms with Crippen LogP contribution in [0.3, 0.4) is 0 Å². The topological polar surface area (TPSA) is 38.9 Å². The Hall–Kier alpha value is -1.12. The van der Waals surface area contributed by atoms with Gasteiger partial charge in [-0.3, -0.25) is 9.37 Å². The van der Waals surface area contributed by atoms with Crippen LogP contribution in [0.25, 0.3) is 0 Å². The van der Waals surface area contributed by atoms with Gasteiger partial charge in [0.25, 0.3) is 0 Å². The average Bonchev–Trinajstić information content (AvgIpc) is 2.05. The molecule has 1 aromatic heterocycles. The number of aromatic nitrogens is 1. The molecule has 12 heavy (non-hydrogen) atoms. The monoisotopic (exact) mass is 168 g/mol. The van der Waals surface area contributed by atoms with E-state index in [1.807, 2.05) is 0 Å². The summed E-state index contributed by atoms with van der Waals surface area (Å²) in [5.41, 5.74) is 6.34. The largest absolute Gasteiger partial charge is 0.399 e. The Balaban J connectivity index is 3.03. The van der Waals surface area contributed by atoms with Crippen molar-refractivity contribution in [3.63, 3.8) is 0 Å². The molecular formula is C9H13FN2. The lowest BCUT2D eigenvalue weighted by Crippen LogP contribution is -2.21. The summed E-state index contributed by atoms with van der Waals surface area (Å²) in [4.78, 5) is 4.06. The van der Waals surface area contributed by atoms with E-state index in [0.717, 1.165) is 0 Å². The zero-order valence-corrected chi connectivity index (χ0v) is 7.34. The van der Waals surface area contributed by atoms with Gasteiger partial charge in [-0.1, -0.05) is 13.8 Å². The molecule has 0 unspecified atom stereocenters. The zero-order valence-electron chi connectivity index (χ0n) is 7.34. The SMILES string of the molecule is CC(C)(CF)c1cc(N)ccn1. The zero-order chi connectivity index (χ0) is 9.19. The van der Waals surface area contributed by atoms with Gasteiger partial charge in [0, 0.05) is 17.3 Å². The molecule has 0 aromatic carbocycles. The lowest BCUT2D eigenvalue weighted by atomic mass is 9.90. The van der Waals surface area contributed by atoms with Gasteiger partial charge in [0.1, 0.15) is 6.67 Å². The van der Waals surface area contributed by atoms with Gasteiger partial charge in [0.05, 0.1) is 5.69 Å². The van der Waals surface area contributed by atoms with Crippen molar-refractivity contribution in [3.05, 3.63) is 24.0 Å². The molecule has 66 valence electrons. The van der Waals surface area contributed by atoms with Crippen LogP contribution >= 0.6 is 0 Å². The summed E-state index contributed by atoms with van der Waals surface area (Å²) in [5, 5.41) is 0. The Morgan fingerprint density at radius 2 is 2.25 bits per heavy atom. The lowest BCUT2D eigenvalue weighted by Gasteiger charge is -2.19. The lowest BCUT2D eigenvalue weighted by molar-refractivity contribution is 0.344. The van der Waals surface area contributed by atoms with Gasteiger partial charge in [-0.15, -0.1) is 0 Å². The first-order valence-corrected chi connectivity index (χ1v) is 3.84. The fourth-order valence-electron chi connectivity index (χ4n) is 0.885. The van der Waals surface area contributed by atoms with Crippen LogP contribution in [0.1, 0.15) is 19.5 Å². The molecule has 0 saturated heterocycles. The minimum absolute atomic E-state index is 0.427. The van der Waals surface area contributed by atoms with Gasteiger partial charge in [0.2, 0.25) is 0 Å². The maximum atomic E-state index is 12.5. The third kappa shape index (κ3) is 1.72. The number of rotatable bonds is 2. The van der Waals surface area contributed by atoms with Crippen LogP contribution in [0, 0.1) is 0 Å². The van der Waals surface area contributed by atoms with Gasteiger partial charge >= 0.3 is 0 Å². The van der Waals surface area contributed by atoms with Crippen LogP contribution in [-0.2, 0) is 5.41 Å². The van der Waals surface area contributed by atoms with Crippen molar-refractivity contribution < 1.29 is 4.39 Å². The van der Waals surface area contributed by atoms with E-state index < -0.39 is 12.1 Å². The standard InChI is InChI=1S/C9H13FN2/c1-9(2,6-10)8-5-7(11)3-4-12-8/h3-5H,6H2,1-2H3,(H2,11,12). The number of nitrogens with two attached hydrogens (primary N) is 1. The fourth-order valence-corrected chi connectivity index (χ4v) is 0.885. The number of nitrogens with zero attached hydrogens (tertiary/aromatic N) is 1. The van der Waals surface area contributed by atoms with Gasteiger partial charge in [-0.2, -0.15) is 0 Å².